The van der Waals surface area contributed by atoms with Crippen LogP contribution in [0, 0.1) is 11.2 Å². The number of pyridine rings is 2. The number of carbonyl (C=O) groups excluding carboxylic acids is 1. The predicted octanol–water partition coefficient (Wildman–Crippen LogP) is 3.63. The van der Waals surface area contributed by atoms with E-state index in [0.29, 0.717) is 22.9 Å². The zero-order valence-corrected chi connectivity index (χ0v) is 21.5. The lowest BCUT2D eigenvalue weighted by Gasteiger charge is -2.48. The fourth-order valence-corrected chi connectivity index (χ4v) is 4.83. The number of hydrogen-bond acceptors (Lipinski definition) is 6. The lowest BCUT2D eigenvalue weighted by atomic mass is 9.81. The summed E-state index contributed by atoms with van der Waals surface area (Å²) in [7, 11) is 0. The van der Waals surface area contributed by atoms with E-state index >= 15 is 4.39 Å². The van der Waals surface area contributed by atoms with E-state index in [1.165, 1.54) is 10.2 Å². The van der Waals surface area contributed by atoms with E-state index in [0.717, 1.165) is 6.92 Å². The average molecular weight is 614 g/mol. The maximum absolute atomic E-state index is 15.2. The summed E-state index contributed by atoms with van der Waals surface area (Å²) in [6.45, 7) is -0.306. The molecular weight excluding hydrogens is 591 g/mol. The SMILES string of the molecule is CCC(NC(=O)c1cn(C2C(F)=CC(F)=CC2F)c2nc(N3CC(CO)(CO)C3)c(F)cc2c1=O)C(F)(F)C(F)(F)F. The average Bonchev–Trinajstić information content (AvgIpc) is 2.87. The van der Waals surface area contributed by atoms with Gasteiger partial charge in [-0.1, -0.05) is 6.92 Å². The number of nitrogens with one attached hydrogen (secondary N) is 1. The summed E-state index contributed by atoms with van der Waals surface area (Å²) >= 11 is 0. The molecular formula is C25H23F9N4O4. The molecule has 1 saturated heterocycles. The summed E-state index contributed by atoms with van der Waals surface area (Å²) < 4.78 is 126. The number of anilines is 1. The second kappa shape index (κ2) is 10.9. The molecule has 0 aromatic carbocycles. The number of fused-ring (bicyclic) bond motifs is 1. The Kier molecular flexibility index (Phi) is 8.14. The summed E-state index contributed by atoms with van der Waals surface area (Å²) in [5.41, 5.74) is -4.25. The van der Waals surface area contributed by atoms with Gasteiger partial charge in [-0.05, 0) is 18.6 Å². The summed E-state index contributed by atoms with van der Waals surface area (Å²) in [4.78, 5) is 31.3. The van der Waals surface area contributed by atoms with Crippen LogP contribution in [0.3, 0.4) is 0 Å². The molecule has 42 heavy (non-hydrogen) atoms. The number of aliphatic hydroxyl groups is 2. The van der Waals surface area contributed by atoms with Gasteiger partial charge in [0.05, 0.1) is 24.0 Å². The van der Waals surface area contributed by atoms with E-state index in [9.17, 15) is 54.9 Å². The van der Waals surface area contributed by atoms with E-state index in [1.807, 2.05) is 0 Å². The number of hydrogen-bond donors (Lipinski definition) is 3. The van der Waals surface area contributed by atoms with Crippen molar-refractivity contribution in [3.05, 3.63) is 57.7 Å². The van der Waals surface area contributed by atoms with Crippen molar-refractivity contribution in [2.75, 3.05) is 31.2 Å². The number of alkyl halides is 6. The number of allylic oxidation sites excluding steroid dienone is 4. The lowest BCUT2D eigenvalue weighted by Crippen LogP contribution is -2.61. The minimum atomic E-state index is -6.08. The molecule has 2 aromatic heterocycles. The molecule has 0 spiro atoms. The van der Waals surface area contributed by atoms with Crippen LogP contribution >= 0.6 is 0 Å². The molecule has 230 valence electrons. The third-order valence-electron chi connectivity index (χ3n) is 7.21. The largest absolute Gasteiger partial charge is 0.455 e. The van der Waals surface area contributed by atoms with Crippen molar-refractivity contribution >= 4 is 22.8 Å². The van der Waals surface area contributed by atoms with Gasteiger partial charge in [0.1, 0.15) is 41.1 Å². The highest BCUT2D eigenvalue weighted by Crippen LogP contribution is 2.40. The minimum absolute atomic E-state index is 0.122. The summed E-state index contributed by atoms with van der Waals surface area (Å²) in [6.07, 6.45) is -8.46. The normalized spacial score (nSPS) is 21.5. The predicted molar refractivity (Wildman–Crippen MR) is 130 cm³/mol. The molecule has 2 aliphatic rings. The zero-order valence-electron chi connectivity index (χ0n) is 21.5. The number of carbonyl (C=O) groups is 1. The molecule has 0 radical (unpaired) electrons. The van der Waals surface area contributed by atoms with Crippen molar-refractivity contribution in [1.82, 2.24) is 14.9 Å². The minimum Gasteiger partial charge on any atom is -0.396 e. The van der Waals surface area contributed by atoms with E-state index in [4.69, 9.17) is 0 Å². The van der Waals surface area contributed by atoms with Gasteiger partial charge in [0.25, 0.3) is 5.91 Å². The lowest BCUT2D eigenvalue weighted by molar-refractivity contribution is -0.292. The first-order valence-electron chi connectivity index (χ1n) is 12.4. The Morgan fingerprint density at radius 1 is 1.17 bits per heavy atom. The standard InChI is InChI=1S/C25H23F9N4O4/c1-2-17(24(30,31)25(32,33)34)35-22(42)13-6-38(18-14(27)3-11(26)4-15(18)28)20-12(19(13)41)5-16(29)21(36-20)37-7-23(8-37,9-39)10-40/h3-6,14,17-18,39-40H,2,7-10H2,1H3,(H,35,42). The molecule has 1 fully saturated rings. The Balaban J connectivity index is 1.88. The van der Waals surface area contributed by atoms with Crippen LogP contribution in [0.4, 0.5) is 45.3 Å². The Labute approximate surface area is 230 Å². The number of halogens is 9. The smallest absolute Gasteiger partial charge is 0.396 e. The highest BCUT2D eigenvalue weighted by Gasteiger charge is 2.62. The van der Waals surface area contributed by atoms with Gasteiger partial charge >= 0.3 is 12.1 Å². The number of aliphatic hydroxyl groups excluding tert-OH is 2. The number of aromatic nitrogens is 2. The van der Waals surface area contributed by atoms with Crippen molar-refractivity contribution in [2.24, 2.45) is 5.41 Å². The van der Waals surface area contributed by atoms with Gasteiger partial charge in [0.15, 0.2) is 11.6 Å². The van der Waals surface area contributed by atoms with Crippen LogP contribution in [0.1, 0.15) is 29.7 Å². The van der Waals surface area contributed by atoms with Crippen molar-refractivity contribution in [1.29, 1.82) is 0 Å². The molecule has 2 aromatic rings. The van der Waals surface area contributed by atoms with E-state index in [2.05, 4.69) is 4.98 Å². The van der Waals surface area contributed by atoms with Crippen molar-refractivity contribution in [3.8, 4) is 0 Å². The second-order valence-electron chi connectivity index (χ2n) is 10.1. The molecule has 0 saturated carbocycles. The highest BCUT2D eigenvalue weighted by molar-refractivity contribution is 5.97. The third-order valence-corrected chi connectivity index (χ3v) is 7.21. The van der Waals surface area contributed by atoms with E-state index in [1.54, 1.807) is 0 Å². The molecule has 3 N–H and O–H groups in total. The molecule has 3 unspecified atom stereocenters. The van der Waals surface area contributed by atoms with E-state index in [-0.39, 0.29) is 19.2 Å². The topological polar surface area (TPSA) is 108 Å². The van der Waals surface area contributed by atoms with Crippen molar-refractivity contribution in [2.45, 2.75) is 43.7 Å². The van der Waals surface area contributed by atoms with Crippen LogP contribution in [0.25, 0.3) is 11.0 Å². The second-order valence-corrected chi connectivity index (χ2v) is 10.1. The Bertz CT molecular complexity index is 1510. The van der Waals surface area contributed by atoms with Gasteiger partial charge in [-0.15, -0.1) is 0 Å². The van der Waals surface area contributed by atoms with Gasteiger partial charge in [0.2, 0.25) is 5.43 Å². The fourth-order valence-electron chi connectivity index (χ4n) is 4.83. The van der Waals surface area contributed by atoms with Crippen LogP contribution in [0.15, 0.2) is 40.9 Å². The monoisotopic (exact) mass is 614 g/mol. The molecule has 17 heteroatoms. The first kappa shape index (κ1) is 31.3. The summed E-state index contributed by atoms with van der Waals surface area (Å²) in [5.74, 6) is -11.7. The molecule has 8 nitrogen and oxygen atoms in total. The molecule has 0 bridgehead atoms. The fraction of sp³-hybridized carbons (Fsp3) is 0.480. The highest BCUT2D eigenvalue weighted by atomic mass is 19.4. The third kappa shape index (κ3) is 5.23. The van der Waals surface area contributed by atoms with Crippen LogP contribution in [0.5, 0.6) is 0 Å². The number of amides is 1. The quantitative estimate of drug-likeness (QED) is 0.393. The Hall–Kier alpha value is -3.60. The molecule has 1 amide bonds. The Morgan fingerprint density at radius 2 is 1.79 bits per heavy atom. The van der Waals surface area contributed by atoms with Gasteiger partial charge < -0.3 is 25.0 Å². The maximum Gasteiger partial charge on any atom is 0.455 e. The zero-order chi connectivity index (χ0) is 31.4. The van der Waals surface area contributed by atoms with E-state index < -0.39 is 107 Å². The van der Waals surface area contributed by atoms with Crippen LogP contribution in [-0.2, 0) is 0 Å². The van der Waals surface area contributed by atoms with Crippen molar-refractivity contribution in [3.63, 3.8) is 0 Å². The van der Waals surface area contributed by atoms with Crippen molar-refractivity contribution < 1.29 is 54.5 Å². The molecule has 3 atom stereocenters. The molecule has 4 rings (SSSR count). The van der Waals surface area contributed by atoms with Gasteiger partial charge in [0, 0.05) is 25.4 Å². The Morgan fingerprint density at radius 3 is 2.31 bits per heavy atom. The molecule has 3 heterocycles. The first-order chi connectivity index (χ1) is 19.5. The maximum atomic E-state index is 15.2. The van der Waals surface area contributed by atoms with Crippen LogP contribution in [0.2, 0.25) is 0 Å². The first-order valence-corrected chi connectivity index (χ1v) is 12.4. The van der Waals surface area contributed by atoms with Gasteiger partial charge in [-0.3, -0.25) is 9.59 Å². The summed E-state index contributed by atoms with van der Waals surface area (Å²) in [6, 6.07) is -4.47. The summed E-state index contributed by atoms with van der Waals surface area (Å²) in [5, 5.41) is 19.6. The van der Waals surface area contributed by atoms with Crippen LogP contribution < -0.4 is 15.6 Å². The number of nitrogens with zero attached hydrogens (tertiary/aromatic N) is 3. The van der Waals surface area contributed by atoms with Gasteiger partial charge in [-0.25, -0.2) is 22.5 Å². The van der Waals surface area contributed by atoms with Gasteiger partial charge in [-0.2, -0.15) is 22.0 Å². The molecule has 1 aliphatic carbocycles. The van der Waals surface area contributed by atoms with Crippen LogP contribution in [-0.4, -0.2) is 76.3 Å². The number of rotatable bonds is 8. The molecule has 1 aliphatic heterocycles.